The predicted octanol–water partition coefficient (Wildman–Crippen LogP) is -12.5. The molecule has 2 heterocycles. The van der Waals surface area contributed by atoms with Crippen molar-refractivity contribution in [1.82, 2.24) is 73.1 Å². The summed E-state index contributed by atoms with van der Waals surface area (Å²) in [6, 6.07) is -6.76. The Morgan fingerprint density at radius 3 is 1.27 bits per heavy atom. The lowest BCUT2D eigenvalue weighted by molar-refractivity contribution is -0.142. The molecule has 2 aromatic heterocycles. The highest BCUT2D eigenvalue weighted by Crippen LogP contribution is 2.16. The first-order valence-electron chi connectivity index (χ1n) is 35.1. The molecule has 0 bridgehead atoms. The van der Waals surface area contributed by atoms with Crippen LogP contribution in [0.15, 0.2) is 35.3 Å². The van der Waals surface area contributed by atoms with Crippen molar-refractivity contribution < 1.29 is 149 Å². The molecule has 0 saturated carbocycles. The lowest BCUT2D eigenvalue weighted by Crippen LogP contribution is -2.59. The molecule has 47 nitrogen and oxygen atoms in total. The number of fused-ring (bicyclic) bond motifs is 1. The summed E-state index contributed by atoms with van der Waals surface area (Å²) in [5.41, 5.74) is 5.97. The molecule has 0 spiro atoms. The van der Waals surface area contributed by atoms with Crippen LogP contribution in [0.2, 0.25) is 0 Å². The van der Waals surface area contributed by atoms with Crippen molar-refractivity contribution >= 4 is 112 Å². The van der Waals surface area contributed by atoms with Gasteiger partial charge in [-0.05, 0) is 69.7 Å². The zero-order chi connectivity index (χ0) is 84.9. The zero-order valence-electron chi connectivity index (χ0n) is 60.8. The molecule has 0 aliphatic carbocycles. The van der Waals surface area contributed by atoms with Crippen molar-refractivity contribution in [3.05, 3.63) is 52.1 Å². The summed E-state index contributed by atoms with van der Waals surface area (Å²) >= 11 is 3.88. The topological polar surface area (TPSA) is 796 Å². The fourth-order valence-corrected chi connectivity index (χ4v) is 10.4. The highest BCUT2D eigenvalue weighted by molar-refractivity contribution is 7.80. The van der Waals surface area contributed by atoms with Gasteiger partial charge in [0.2, 0.25) is 59.1 Å². The van der Waals surface area contributed by atoms with Gasteiger partial charge in [0.05, 0.1) is 62.7 Å². The molecule has 0 fully saturated rings. The van der Waals surface area contributed by atoms with E-state index < -0.39 is 314 Å². The quantitative estimate of drug-likeness (QED) is 0.0233. The van der Waals surface area contributed by atoms with Crippen LogP contribution in [0.25, 0.3) is 11.2 Å². The van der Waals surface area contributed by atoms with Gasteiger partial charge in [0, 0.05) is 87.6 Å². The molecule has 48 heteroatoms. The van der Waals surface area contributed by atoms with Gasteiger partial charge in [-0.15, -0.1) is 0 Å². The van der Waals surface area contributed by atoms with Crippen molar-refractivity contribution in [2.45, 2.75) is 206 Å². The lowest BCUT2D eigenvalue weighted by atomic mass is 10.0. The largest absolute Gasteiger partial charge is 0.481 e. The van der Waals surface area contributed by atoms with E-state index >= 15 is 0 Å². The minimum Gasteiger partial charge on any atom is -0.481 e. The van der Waals surface area contributed by atoms with E-state index in [0.29, 0.717) is 11.4 Å². The molecule has 113 heavy (non-hydrogen) atoms. The molecule has 3 aromatic rings. The second-order valence-corrected chi connectivity index (χ2v) is 26.3. The first kappa shape index (κ1) is 97.1. The number of nitrogens with one attached hydrogen (secondary N) is 12. The van der Waals surface area contributed by atoms with Gasteiger partial charge < -0.3 is 151 Å². The van der Waals surface area contributed by atoms with E-state index in [9.17, 15) is 149 Å². The molecule has 18 atom stereocenters. The number of aliphatic hydroxyl groups is 14. The maximum Gasteiger partial charge on any atom is 0.327 e. The SMILES string of the molecule is C[C@H](CCC(=O)N[C@@H](CCC(=O)NC[C@H](O)[C@@H](O)[C@H](O)[C@H](O)CO)C(=O)N[C@H](CCC(=O)O)C(=O)N[C@@H](CCC(=O)NC[C@H](O)C[C@H](O)[C@H](O)CO)C(=O)N[C@H](CCC(=O)O)C(=O)N[C@@H](CCC(=O)NC[C@H](O)[C@@H](O)[C@H](O)[C@H](O)CO)C(=O)N[C@H](CS)C(=O)O)NC(=O)c1ccc(NCc2cnc3nc(N)[nH]c(=O)c3n2)cc1. The molecule has 31 N–H and O–H groups in total. The number of nitrogens with two attached hydrogens (primary N) is 1. The average Bonchev–Trinajstić information content (AvgIpc) is 0.809. The Morgan fingerprint density at radius 1 is 0.469 bits per heavy atom. The summed E-state index contributed by atoms with van der Waals surface area (Å²) < 4.78 is 0. The smallest absolute Gasteiger partial charge is 0.327 e. The number of aliphatic carboxylic acids is 3. The molecule has 1 aromatic carbocycles. The standard InChI is InChI=1S/C65H100N16O31S/c1-28(72-57(104)29-3-5-30(6-4-29)67-19-31-20-71-56-51(73-31)63(110)81-65(66)80-56)2-12-48(95)74-33(7-13-46(93)69-22-40(87)52(100)54(102)43(90)25-83)58(105)77-36(10-16-49(96)97)60(107)75-34(8-14-45(92)68-21-32(85)18-39(86)42(89)24-82)59(106)78-37(11-17-50(98)99)61(108)76-35(62(109)79-38(27-113)64(111)112)9-15-47(94)70-23-41(88)53(101)55(103)44(91)26-84/h3-6,20,28,32-44,52-55,67,82-91,100-103,113H,2,7-19,21-27H2,1H3,(H,68,92)(H,69,93)(H,70,94)(H,72,104)(H,74,95)(H,75,107)(H,76,108)(H,77,105)(H,78,106)(H,79,109)(H,96,97)(H,98,99)(H,111,112)(H3,66,71,80,81,110)/t28-,32-,33+,34+,35+,36-,37-,38-,39+,40+,41+,42-,43-,44-,52-,53-,54-,55-/m1/s1. The van der Waals surface area contributed by atoms with Crippen LogP contribution in [-0.4, -0.2) is 338 Å². The number of amides is 10. The number of benzene rings is 1. The minimum atomic E-state index is -2.14. The van der Waals surface area contributed by atoms with E-state index in [0.717, 1.165) is 0 Å². The van der Waals surface area contributed by atoms with Gasteiger partial charge in [0.1, 0.15) is 79.0 Å². The van der Waals surface area contributed by atoms with Crippen LogP contribution in [0.4, 0.5) is 11.6 Å². The molecule has 0 radical (unpaired) electrons. The van der Waals surface area contributed by atoms with Crippen LogP contribution in [0.3, 0.4) is 0 Å². The molecule has 0 unspecified atom stereocenters. The number of carbonyl (C=O) groups is 13. The number of carbonyl (C=O) groups excluding carboxylic acids is 10. The Balaban J connectivity index is 2.00. The molecule has 0 aliphatic heterocycles. The van der Waals surface area contributed by atoms with E-state index in [1.807, 2.05) is 0 Å². The van der Waals surface area contributed by atoms with Crippen molar-refractivity contribution in [3.8, 4) is 0 Å². The van der Waals surface area contributed by atoms with E-state index in [1.54, 1.807) is 12.1 Å². The number of H-pyrrole nitrogens is 1. The molecule has 0 saturated heterocycles. The van der Waals surface area contributed by atoms with E-state index in [2.05, 4.69) is 91.0 Å². The Kier molecular flexibility index (Phi) is 42.5. The van der Waals surface area contributed by atoms with Gasteiger partial charge in [-0.25, -0.2) is 14.8 Å². The average molecular weight is 1630 g/mol. The van der Waals surface area contributed by atoms with Gasteiger partial charge in [0.25, 0.3) is 11.5 Å². The summed E-state index contributed by atoms with van der Waals surface area (Å²) in [6.45, 7) is -3.74. The van der Waals surface area contributed by atoms with Gasteiger partial charge in [-0.3, -0.25) is 67.3 Å². The third-order valence-electron chi connectivity index (χ3n) is 16.9. The summed E-state index contributed by atoms with van der Waals surface area (Å²) in [7, 11) is 0. The summed E-state index contributed by atoms with van der Waals surface area (Å²) in [5.74, 6) is -17.3. The highest BCUT2D eigenvalue weighted by Gasteiger charge is 2.37. The number of aromatic amines is 1. The number of carboxylic acid groups (broad SMARTS) is 3. The number of nitrogens with zero attached hydrogens (tertiary/aromatic N) is 3. The van der Waals surface area contributed by atoms with Gasteiger partial charge >= 0.3 is 17.9 Å². The zero-order valence-corrected chi connectivity index (χ0v) is 61.7. The first-order chi connectivity index (χ1) is 53.2. The summed E-state index contributed by atoms with van der Waals surface area (Å²) in [4.78, 5) is 202. The summed E-state index contributed by atoms with van der Waals surface area (Å²) in [5, 5.41) is 193. The van der Waals surface area contributed by atoms with Gasteiger partial charge in [-0.1, -0.05) is 0 Å². The van der Waals surface area contributed by atoms with Crippen LogP contribution in [-0.2, 0) is 64.1 Å². The molecule has 0 aliphatic rings. The monoisotopic (exact) mass is 1630 g/mol. The van der Waals surface area contributed by atoms with Crippen LogP contribution in [0.5, 0.6) is 0 Å². The number of aromatic nitrogens is 4. The van der Waals surface area contributed by atoms with Crippen molar-refractivity contribution in [2.75, 3.05) is 56.3 Å². The second kappa shape index (κ2) is 49.4. The lowest BCUT2D eigenvalue weighted by Gasteiger charge is -2.27. The Bertz CT molecular complexity index is 3720. The van der Waals surface area contributed by atoms with Gasteiger partial charge in [0.15, 0.2) is 11.2 Å². The van der Waals surface area contributed by atoms with Crippen LogP contribution < -0.4 is 69.8 Å². The molecular weight excluding hydrogens is 1530 g/mol. The third-order valence-corrected chi connectivity index (χ3v) is 17.3. The van der Waals surface area contributed by atoms with Crippen LogP contribution in [0.1, 0.15) is 106 Å². The molecule has 3 rings (SSSR count). The van der Waals surface area contributed by atoms with E-state index in [1.165, 1.54) is 25.3 Å². The van der Waals surface area contributed by atoms with E-state index in [-0.39, 0.29) is 35.6 Å². The van der Waals surface area contributed by atoms with Crippen molar-refractivity contribution in [3.63, 3.8) is 0 Å². The van der Waals surface area contributed by atoms with E-state index in [4.69, 9.17) is 10.8 Å². The number of rotatable bonds is 54. The van der Waals surface area contributed by atoms with Crippen LogP contribution in [0, 0.1) is 0 Å². The third kappa shape index (κ3) is 34.8. The minimum absolute atomic E-state index is 0.0277. The number of hydrogen-bond acceptors (Lipinski definition) is 34. The first-order valence-corrected chi connectivity index (χ1v) is 35.7. The fourth-order valence-electron chi connectivity index (χ4n) is 10.2. The second-order valence-electron chi connectivity index (χ2n) is 26.0. The number of hydrogen-bond donors (Lipinski definition) is 31. The number of anilines is 2. The number of thiol groups is 1. The van der Waals surface area contributed by atoms with Crippen molar-refractivity contribution in [2.24, 2.45) is 0 Å². The van der Waals surface area contributed by atoms with Crippen LogP contribution >= 0.6 is 12.6 Å². The van der Waals surface area contributed by atoms with Crippen molar-refractivity contribution in [1.29, 1.82) is 0 Å². The number of aliphatic hydroxyl groups excluding tert-OH is 14. The van der Waals surface area contributed by atoms with Gasteiger partial charge in [-0.2, -0.15) is 17.6 Å². The Labute approximate surface area is 647 Å². The molecule has 10 amide bonds. The number of carboxylic acids is 3. The maximum atomic E-state index is 14.6. The highest BCUT2D eigenvalue weighted by atomic mass is 32.1. The Hall–Kier alpha value is -10.1. The fraction of sp³-hybridized carbons (Fsp3) is 0.615. The Morgan fingerprint density at radius 2 is 0.858 bits per heavy atom. The molecule has 632 valence electrons. The predicted molar refractivity (Wildman–Crippen MR) is 388 cm³/mol. The maximum absolute atomic E-state index is 14.6. The number of nitrogen functional groups attached to an aromatic ring is 1. The normalized spacial score (nSPS) is 16.2. The summed E-state index contributed by atoms with van der Waals surface area (Å²) in [6.07, 6.45) is -29.7. The molecular formula is C65H100N16O31S.